The van der Waals surface area contributed by atoms with Gasteiger partial charge in [-0.1, -0.05) is 45.6 Å². The van der Waals surface area contributed by atoms with E-state index in [2.05, 4.69) is 25.1 Å². The van der Waals surface area contributed by atoms with Gasteiger partial charge < -0.3 is 14.7 Å². The first-order valence-electron chi connectivity index (χ1n) is 7.65. The highest BCUT2D eigenvalue weighted by Gasteiger charge is 2.38. The summed E-state index contributed by atoms with van der Waals surface area (Å²) < 4.78 is 41.7. The average Bonchev–Trinajstić information content (AvgIpc) is 3.12. The zero-order valence-electron chi connectivity index (χ0n) is 14.2. The quantitative estimate of drug-likeness (QED) is 0.399. The van der Waals surface area contributed by atoms with Crippen LogP contribution in [0.2, 0.25) is 0 Å². The summed E-state index contributed by atoms with van der Waals surface area (Å²) in [5.74, 6) is -2.09. The summed E-state index contributed by atoms with van der Waals surface area (Å²) in [6.45, 7) is 1.74. The smallest absolute Gasteiger partial charge is 0.392 e. The number of nitrogens with zero attached hydrogens (tertiary/aromatic N) is 3. The van der Waals surface area contributed by atoms with Crippen LogP contribution in [0.25, 0.3) is 11.4 Å². The van der Waals surface area contributed by atoms with Gasteiger partial charge >= 0.3 is 12.1 Å². The molecule has 1 unspecified atom stereocenters. The van der Waals surface area contributed by atoms with Gasteiger partial charge in [0.2, 0.25) is 5.82 Å². The lowest BCUT2D eigenvalue weighted by molar-refractivity contribution is -0.159. The summed E-state index contributed by atoms with van der Waals surface area (Å²) in [6, 6.07) is 5.20. The molecule has 1 amide bonds. The first kappa shape index (κ1) is 21.7. The van der Waals surface area contributed by atoms with Crippen LogP contribution in [0.15, 0.2) is 44.5 Å². The Balaban J connectivity index is 1.93. The molecular weight excluding hydrogens is 424 g/mol. The number of oxime groups is 1. The summed E-state index contributed by atoms with van der Waals surface area (Å²) in [7, 11) is 0. The minimum atomic E-state index is -4.72. The summed E-state index contributed by atoms with van der Waals surface area (Å²) in [6.07, 6.45) is -1.97. The first-order chi connectivity index (χ1) is 13.2. The van der Waals surface area contributed by atoms with E-state index in [0.717, 1.165) is 0 Å². The molecule has 28 heavy (non-hydrogen) atoms. The molecule has 1 aromatic carbocycles. The monoisotopic (exact) mass is 436 g/mol. The maximum absolute atomic E-state index is 12.5. The zero-order valence-corrected chi connectivity index (χ0v) is 15.7. The van der Waals surface area contributed by atoms with E-state index in [1.165, 1.54) is 36.6 Å². The Bertz CT molecular complexity index is 863. The first-order valence-corrected chi connectivity index (χ1v) is 8.41. The number of rotatable bonds is 7. The van der Waals surface area contributed by atoms with E-state index in [4.69, 9.17) is 28.0 Å². The van der Waals surface area contributed by atoms with Crippen LogP contribution >= 0.6 is 23.2 Å². The van der Waals surface area contributed by atoms with Crippen LogP contribution in [0, 0.1) is 0 Å². The van der Waals surface area contributed by atoms with Gasteiger partial charge in [0.1, 0.15) is 11.1 Å². The van der Waals surface area contributed by atoms with E-state index in [0.29, 0.717) is 0 Å². The van der Waals surface area contributed by atoms with Crippen molar-refractivity contribution < 1.29 is 27.3 Å². The number of hydrogen-bond acceptors (Lipinski definition) is 6. The van der Waals surface area contributed by atoms with Gasteiger partial charge in [0, 0.05) is 11.1 Å². The average molecular weight is 437 g/mol. The number of benzene rings is 1. The Kier molecular flexibility index (Phi) is 7.41. The molecule has 0 aliphatic heterocycles. The Hall–Kier alpha value is -2.59. The standard InChI is InChI=1S/C16H13Cl2F3N4O3/c1-9(8-22-27-7-6-12(17)18)23-14(26)11-4-2-10(3-5-11)13-24-15(28-25-13)16(19,20)21/h2-6,8-9H,7H2,1H3,(H,23,26). The van der Waals surface area contributed by atoms with Crippen LogP contribution in [0.5, 0.6) is 0 Å². The number of nitrogens with one attached hydrogen (secondary N) is 1. The van der Waals surface area contributed by atoms with E-state index in [1.54, 1.807) is 6.92 Å². The molecule has 0 bridgehead atoms. The lowest BCUT2D eigenvalue weighted by Crippen LogP contribution is -2.33. The van der Waals surface area contributed by atoms with Crippen LogP contribution in [-0.4, -0.2) is 34.9 Å². The normalized spacial score (nSPS) is 12.6. The maximum atomic E-state index is 12.5. The fraction of sp³-hybridized carbons (Fsp3) is 0.250. The molecule has 0 radical (unpaired) electrons. The predicted octanol–water partition coefficient (Wildman–Crippen LogP) is 4.20. The fourth-order valence-electron chi connectivity index (χ4n) is 1.83. The Morgan fingerprint density at radius 1 is 1.36 bits per heavy atom. The Morgan fingerprint density at radius 2 is 2.04 bits per heavy atom. The van der Waals surface area contributed by atoms with Gasteiger partial charge in [-0.2, -0.15) is 18.2 Å². The molecule has 0 fully saturated rings. The van der Waals surface area contributed by atoms with Crippen molar-refractivity contribution in [1.82, 2.24) is 15.5 Å². The molecule has 0 saturated carbocycles. The SMILES string of the molecule is CC(C=NOCC=C(Cl)Cl)NC(=O)c1ccc(-c2noc(C(F)(F)F)n2)cc1. The van der Waals surface area contributed by atoms with Crippen molar-refractivity contribution in [3.8, 4) is 11.4 Å². The van der Waals surface area contributed by atoms with Crippen LogP contribution in [0.4, 0.5) is 13.2 Å². The molecule has 2 rings (SSSR count). The van der Waals surface area contributed by atoms with E-state index >= 15 is 0 Å². The van der Waals surface area contributed by atoms with Gasteiger partial charge in [0.15, 0.2) is 0 Å². The van der Waals surface area contributed by atoms with Crippen LogP contribution in [0.1, 0.15) is 23.2 Å². The van der Waals surface area contributed by atoms with E-state index in [9.17, 15) is 18.0 Å². The molecule has 0 aliphatic rings. The van der Waals surface area contributed by atoms with Crippen molar-refractivity contribution in [3.05, 3.63) is 46.3 Å². The lowest BCUT2D eigenvalue weighted by atomic mass is 10.1. The van der Waals surface area contributed by atoms with Crippen molar-refractivity contribution in [2.24, 2.45) is 5.16 Å². The molecule has 0 saturated heterocycles. The third kappa shape index (κ3) is 6.54. The van der Waals surface area contributed by atoms with Gasteiger partial charge in [-0.15, -0.1) is 0 Å². The number of alkyl halides is 3. The minimum absolute atomic E-state index is 0.0513. The minimum Gasteiger partial charge on any atom is -0.392 e. The predicted molar refractivity (Wildman–Crippen MR) is 95.9 cm³/mol. The fourth-order valence-corrected chi connectivity index (χ4v) is 1.96. The third-order valence-electron chi connectivity index (χ3n) is 3.10. The number of amides is 1. The highest BCUT2D eigenvalue weighted by molar-refractivity contribution is 6.55. The van der Waals surface area contributed by atoms with E-state index in [1.807, 2.05) is 0 Å². The van der Waals surface area contributed by atoms with Crippen molar-refractivity contribution in [2.45, 2.75) is 19.1 Å². The van der Waals surface area contributed by atoms with Crippen molar-refractivity contribution in [2.75, 3.05) is 6.61 Å². The molecule has 1 aromatic heterocycles. The van der Waals surface area contributed by atoms with E-state index in [-0.39, 0.29) is 28.0 Å². The number of aromatic nitrogens is 2. The van der Waals surface area contributed by atoms with Crippen molar-refractivity contribution in [1.29, 1.82) is 0 Å². The molecule has 12 heteroatoms. The van der Waals surface area contributed by atoms with Gasteiger partial charge in [0.25, 0.3) is 5.91 Å². The van der Waals surface area contributed by atoms with Crippen LogP contribution in [-0.2, 0) is 11.0 Å². The summed E-state index contributed by atoms with van der Waals surface area (Å²) in [4.78, 5) is 20.3. The second-order valence-electron chi connectivity index (χ2n) is 5.30. The van der Waals surface area contributed by atoms with Crippen molar-refractivity contribution >= 4 is 35.3 Å². The number of hydrogen-bond donors (Lipinski definition) is 1. The summed E-state index contributed by atoms with van der Waals surface area (Å²) >= 11 is 10.8. The maximum Gasteiger partial charge on any atom is 0.471 e. The summed E-state index contributed by atoms with van der Waals surface area (Å²) in [5.41, 5.74) is 0.547. The second-order valence-corrected chi connectivity index (χ2v) is 6.31. The molecule has 0 aliphatic carbocycles. The van der Waals surface area contributed by atoms with Crippen molar-refractivity contribution in [3.63, 3.8) is 0 Å². The van der Waals surface area contributed by atoms with E-state index < -0.39 is 24.0 Å². The molecule has 150 valence electrons. The summed E-state index contributed by atoms with van der Waals surface area (Å²) in [5, 5.41) is 9.57. The molecule has 2 aromatic rings. The molecule has 1 atom stereocenters. The lowest BCUT2D eigenvalue weighted by Gasteiger charge is -2.09. The Morgan fingerprint density at radius 3 is 2.61 bits per heavy atom. The highest BCUT2D eigenvalue weighted by Crippen LogP contribution is 2.29. The number of halogens is 5. The molecular formula is C16H13Cl2F3N4O3. The molecule has 1 heterocycles. The zero-order chi connectivity index (χ0) is 20.7. The Labute approximate surface area is 167 Å². The van der Waals surface area contributed by atoms with Gasteiger partial charge in [-0.3, -0.25) is 4.79 Å². The third-order valence-corrected chi connectivity index (χ3v) is 3.41. The molecule has 7 nitrogen and oxygen atoms in total. The highest BCUT2D eigenvalue weighted by atomic mass is 35.5. The van der Waals surface area contributed by atoms with Crippen LogP contribution < -0.4 is 5.32 Å². The largest absolute Gasteiger partial charge is 0.471 e. The van der Waals surface area contributed by atoms with Gasteiger partial charge in [-0.05, 0) is 25.1 Å². The second kappa shape index (κ2) is 9.56. The molecule has 1 N–H and O–H groups in total. The van der Waals surface area contributed by atoms with Gasteiger partial charge in [-0.25, -0.2) is 0 Å². The number of carbonyl (C=O) groups is 1. The topological polar surface area (TPSA) is 89.6 Å². The molecule has 0 spiro atoms. The van der Waals surface area contributed by atoms with Gasteiger partial charge in [0.05, 0.1) is 12.3 Å². The van der Waals surface area contributed by atoms with Crippen LogP contribution in [0.3, 0.4) is 0 Å². The number of carbonyl (C=O) groups excluding carboxylic acids is 1.